The van der Waals surface area contributed by atoms with Gasteiger partial charge in [0, 0.05) is 16.4 Å². The van der Waals surface area contributed by atoms with Crippen LogP contribution in [0.4, 0.5) is 5.69 Å². The lowest BCUT2D eigenvalue weighted by Gasteiger charge is -2.16. The SMILES string of the molecule is Cc1ccc(NC(C(N)=O)c2ccc(Br)cn2)cc1. The maximum absolute atomic E-state index is 11.6. The van der Waals surface area contributed by atoms with Crippen molar-refractivity contribution in [3.05, 3.63) is 58.3 Å². The second kappa shape index (κ2) is 5.84. The minimum Gasteiger partial charge on any atom is -0.369 e. The van der Waals surface area contributed by atoms with Crippen LogP contribution in [0.5, 0.6) is 0 Å². The first kappa shape index (κ1) is 13.5. The standard InChI is InChI=1S/C14H14BrN3O/c1-9-2-5-11(6-3-9)18-13(14(16)19)12-7-4-10(15)8-17-12/h2-8,13,18H,1H3,(H2,16,19). The highest BCUT2D eigenvalue weighted by molar-refractivity contribution is 9.10. The quantitative estimate of drug-likeness (QED) is 0.910. The Morgan fingerprint density at radius 2 is 1.95 bits per heavy atom. The van der Waals surface area contributed by atoms with Crippen LogP contribution in [0.3, 0.4) is 0 Å². The van der Waals surface area contributed by atoms with Gasteiger partial charge in [-0.1, -0.05) is 17.7 Å². The molecule has 5 heteroatoms. The van der Waals surface area contributed by atoms with Crippen molar-refractivity contribution in [3.63, 3.8) is 0 Å². The van der Waals surface area contributed by atoms with Crippen LogP contribution < -0.4 is 11.1 Å². The molecule has 1 unspecified atom stereocenters. The van der Waals surface area contributed by atoms with Gasteiger partial charge in [-0.25, -0.2) is 0 Å². The molecule has 0 aliphatic heterocycles. The third-order valence-corrected chi connectivity index (χ3v) is 3.16. The number of aryl methyl sites for hydroxylation is 1. The molecule has 0 aliphatic rings. The zero-order valence-corrected chi connectivity index (χ0v) is 12.0. The number of hydrogen-bond donors (Lipinski definition) is 2. The lowest BCUT2D eigenvalue weighted by atomic mass is 10.1. The lowest BCUT2D eigenvalue weighted by Crippen LogP contribution is -2.28. The third-order valence-electron chi connectivity index (χ3n) is 2.69. The Kier molecular flexibility index (Phi) is 4.16. The van der Waals surface area contributed by atoms with Crippen LogP contribution in [0.25, 0.3) is 0 Å². The van der Waals surface area contributed by atoms with Gasteiger partial charge < -0.3 is 11.1 Å². The Hall–Kier alpha value is -1.88. The average molecular weight is 320 g/mol. The summed E-state index contributed by atoms with van der Waals surface area (Å²) in [7, 11) is 0. The van der Waals surface area contributed by atoms with Crippen molar-refractivity contribution in [2.75, 3.05) is 5.32 Å². The number of nitrogens with one attached hydrogen (secondary N) is 1. The number of aromatic nitrogens is 1. The highest BCUT2D eigenvalue weighted by atomic mass is 79.9. The zero-order valence-electron chi connectivity index (χ0n) is 10.4. The molecule has 1 amide bonds. The van der Waals surface area contributed by atoms with Gasteiger partial charge in [0.05, 0.1) is 5.69 Å². The number of anilines is 1. The Labute approximate surface area is 120 Å². The molecule has 1 aromatic heterocycles. The predicted molar refractivity (Wildman–Crippen MR) is 78.7 cm³/mol. The van der Waals surface area contributed by atoms with Crippen molar-refractivity contribution in [1.82, 2.24) is 4.98 Å². The molecule has 2 rings (SSSR count). The molecule has 3 N–H and O–H groups in total. The molecule has 4 nitrogen and oxygen atoms in total. The van der Waals surface area contributed by atoms with E-state index >= 15 is 0 Å². The van der Waals surface area contributed by atoms with E-state index in [0.29, 0.717) is 5.69 Å². The maximum Gasteiger partial charge on any atom is 0.246 e. The summed E-state index contributed by atoms with van der Waals surface area (Å²) in [6.45, 7) is 2.01. The number of primary amides is 1. The summed E-state index contributed by atoms with van der Waals surface area (Å²) in [6.07, 6.45) is 1.64. The van der Waals surface area contributed by atoms with Gasteiger partial charge in [0.25, 0.3) is 0 Å². The Balaban J connectivity index is 2.23. The van der Waals surface area contributed by atoms with Gasteiger partial charge in [-0.3, -0.25) is 9.78 Å². The fourth-order valence-electron chi connectivity index (χ4n) is 1.67. The fraction of sp³-hybridized carbons (Fsp3) is 0.143. The molecule has 0 aliphatic carbocycles. The van der Waals surface area contributed by atoms with Crippen LogP contribution in [0.15, 0.2) is 47.1 Å². The summed E-state index contributed by atoms with van der Waals surface area (Å²) in [6, 6.07) is 10.7. The van der Waals surface area contributed by atoms with Crippen LogP contribution >= 0.6 is 15.9 Å². The number of benzene rings is 1. The van der Waals surface area contributed by atoms with Crippen molar-refractivity contribution in [3.8, 4) is 0 Å². The first-order chi connectivity index (χ1) is 9.06. The number of carbonyl (C=O) groups is 1. The minimum atomic E-state index is -0.643. The molecule has 0 fully saturated rings. The topological polar surface area (TPSA) is 68.0 Å². The van der Waals surface area contributed by atoms with Gasteiger partial charge >= 0.3 is 0 Å². The zero-order chi connectivity index (χ0) is 13.8. The molecule has 0 spiro atoms. The van der Waals surface area contributed by atoms with Gasteiger partial charge in [0.1, 0.15) is 6.04 Å². The summed E-state index contributed by atoms with van der Waals surface area (Å²) in [5.74, 6) is -0.463. The molecule has 1 aromatic carbocycles. The van der Waals surface area contributed by atoms with Crippen molar-refractivity contribution in [2.45, 2.75) is 13.0 Å². The summed E-state index contributed by atoms with van der Waals surface area (Å²) >= 11 is 3.31. The molecular weight excluding hydrogens is 306 g/mol. The molecule has 1 atom stereocenters. The second-order valence-corrected chi connectivity index (χ2v) is 5.16. The summed E-state index contributed by atoms with van der Waals surface area (Å²) < 4.78 is 0.856. The van der Waals surface area contributed by atoms with E-state index in [0.717, 1.165) is 15.7 Å². The molecule has 0 bridgehead atoms. The van der Waals surface area contributed by atoms with Crippen molar-refractivity contribution >= 4 is 27.5 Å². The fourth-order valence-corrected chi connectivity index (χ4v) is 1.90. The first-order valence-electron chi connectivity index (χ1n) is 5.80. The van der Waals surface area contributed by atoms with Gasteiger partial charge in [0.15, 0.2) is 0 Å². The van der Waals surface area contributed by atoms with Gasteiger partial charge in [-0.15, -0.1) is 0 Å². The van der Waals surface area contributed by atoms with E-state index in [1.807, 2.05) is 37.3 Å². The van der Waals surface area contributed by atoms with Crippen LogP contribution in [-0.4, -0.2) is 10.9 Å². The smallest absolute Gasteiger partial charge is 0.246 e. The molecule has 1 heterocycles. The molecule has 0 saturated carbocycles. The summed E-state index contributed by atoms with van der Waals surface area (Å²) in [4.78, 5) is 15.8. The molecular formula is C14H14BrN3O. The van der Waals surface area contributed by atoms with Crippen molar-refractivity contribution in [2.24, 2.45) is 5.73 Å². The Morgan fingerprint density at radius 1 is 1.26 bits per heavy atom. The number of hydrogen-bond acceptors (Lipinski definition) is 3. The molecule has 2 aromatic rings. The van der Waals surface area contributed by atoms with Crippen molar-refractivity contribution < 1.29 is 4.79 Å². The number of halogens is 1. The van der Waals surface area contributed by atoms with Gasteiger partial charge in [-0.05, 0) is 47.1 Å². The molecule has 19 heavy (non-hydrogen) atoms. The van der Waals surface area contributed by atoms with E-state index < -0.39 is 11.9 Å². The van der Waals surface area contributed by atoms with Crippen LogP contribution in [0, 0.1) is 6.92 Å². The van der Waals surface area contributed by atoms with E-state index in [-0.39, 0.29) is 0 Å². The van der Waals surface area contributed by atoms with Crippen LogP contribution in [0.2, 0.25) is 0 Å². The highest BCUT2D eigenvalue weighted by Crippen LogP contribution is 2.19. The maximum atomic E-state index is 11.6. The number of rotatable bonds is 4. The highest BCUT2D eigenvalue weighted by Gasteiger charge is 2.18. The van der Waals surface area contributed by atoms with Crippen LogP contribution in [0.1, 0.15) is 17.3 Å². The third kappa shape index (κ3) is 3.54. The summed E-state index contributed by atoms with van der Waals surface area (Å²) in [5, 5.41) is 3.09. The number of amides is 1. The number of carbonyl (C=O) groups excluding carboxylic acids is 1. The second-order valence-electron chi connectivity index (χ2n) is 4.25. The van der Waals surface area contributed by atoms with E-state index in [1.165, 1.54) is 0 Å². The minimum absolute atomic E-state index is 0.463. The number of pyridine rings is 1. The Bertz CT molecular complexity index is 566. The number of nitrogens with two attached hydrogens (primary N) is 1. The number of nitrogens with zero attached hydrogens (tertiary/aromatic N) is 1. The predicted octanol–water partition coefficient (Wildman–Crippen LogP) is 2.79. The van der Waals surface area contributed by atoms with E-state index in [9.17, 15) is 4.79 Å². The molecule has 0 saturated heterocycles. The first-order valence-corrected chi connectivity index (χ1v) is 6.59. The largest absolute Gasteiger partial charge is 0.369 e. The van der Waals surface area contributed by atoms with E-state index in [4.69, 9.17) is 5.73 Å². The van der Waals surface area contributed by atoms with Crippen LogP contribution in [-0.2, 0) is 4.79 Å². The van der Waals surface area contributed by atoms with Gasteiger partial charge in [0.2, 0.25) is 5.91 Å². The monoisotopic (exact) mass is 319 g/mol. The lowest BCUT2D eigenvalue weighted by molar-refractivity contribution is -0.118. The Morgan fingerprint density at radius 3 is 2.47 bits per heavy atom. The van der Waals surface area contributed by atoms with E-state index in [2.05, 4.69) is 26.2 Å². The molecule has 98 valence electrons. The van der Waals surface area contributed by atoms with Gasteiger partial charge in [-0.2, -0.15) is 0 Å². The molecule has 0 radical (unpaired) electrons. The normalized spacial score (nSPS) is 11.9. The van der Waals surface area contributed by atoms with E-state index in [1.54, 1.807) is 12.3 Å². The average Bonchev–Trinajstić information content (AvgIpc) is 2.39. The van der Waals surface area contributed by atoms with Crippen molar-refractivity contribution in [1.29, 1.82) is 0 Å². The summed E-state index contributed by atoms with van der Waals surface area (Å²) in [5.41, 5.74) is 8.01.